The van der Waals surface area contributed by atoms with E-state index >= 15 is 0 Å². The predicted molar refractivity (Wildman–Crippen MR) is 64.2 cm³/mol. The quantitative estimate of drug-likeness (QED) is 0.595. The van der Waals surface area contributed by atoms with E-state index in [0.29, 0.717) is 0 Å². The summed E-state index contributed by atoms with van der Waals surface area (Å²) in [5.74, 6) is 0. The summed E-state index contributed by atoms with van der Waals surface area (Å²) < 4.78 is 5.42. The van der Waals surface area contributed by atoms with Crippen LogP contribution in [-0.4, -0.2) is 15.6 Å². The second-order valence-corrected chi connectivity index (χ2v) is 6.36. The summed E-state index contributed by atoms with van der Waals surface area (Å²) in [7, 11) is -0.595. The molecule has 2 rings (SSSR count). The minimum absolute atomic E-state index is 0.595. The van der Waals surface area contributed by atoms with Crippen molar-refractivity contribution in [3.8, 4) is 0 Å². The summed E-state index contributed by atoms with van der Waals surface area (Å²) in [6.45, 7) is 5.41. The lowest BCUT2D eigenvalue weighted by atomic mass is 10.2. The van der Waals surface area contributed by atoms with Crippen LogP contribution >= 0.6 is 0 Å². The van der Waals surface area contributed by atoms with E-state index in [2.05, 4.69) is 25.6 Å². The first kappa shape index (κ1) is 11.5. The number of aryl methyl sites for hydroxylation is 1. The average Bonchev–Trinajstić information content (AvgIpc) is 2.21. The third-order valence-electron chi connectivity index (χ3n) is 2.35. The van der Waals surface area contributed by atoms with E-state index in [1.54, 1.807) is 0 Å². The average molecular weight is 208 g/mol. The second-order valence-electron chi connectivity index (χ2n) is 3.83. The van der Waals surface area contributed by atoms with Gasteiger partial charge in [0.2, 0.25) is 0 Å². The molecule has 14 heavy (non-hydrogen) atoms. The highest BCUT2D eigenvalue weighted by Gasteiger charge is 2.08. The molecule has 1 heterocycles. The van der Waals surface area contributed by atoms with E-state index in [1.807, 2.05) is 18.2 Å². The van der Waals surface area contributed by atoms with Crippen LogP contribution in [0.5, 0.6) is 0 Å². The SMILES string of the molecule is C[SiH]1CCCCO1.Cc1ccccc1. The lowest BCUT2D eigenvalue weighted by Crippen LogP contribution is -2.18. The van der Waals surface area contributed by atoms with E-state index < -0.39 is 9.04 Å². The summed E-state index contributed by atoms with van der Waals surface area (Å²) in [5, 5.41) is 0. The molecule has 0 bridgehead atoms. The van der Waals surface area contributed by atoms with Crippen molar-refractivity contribution in [3.63, 3.8) is 0 Å². The molecule has 1 aromatic rings. The lowest BCUT2D eigenvalue weighted by Gasteiger charge is -2.16. The van der Waals surface area contributed by atoms with Gasteiger partial charge >= 0.3 is 0 Å². The molecule has 0 N–H and O–H groups in total. The molecule has 1 aliphatic rings. The molecular weight excluding hydrogens is 188 g/mol. The van der Waals surface area contributed by atoms with Crippen LogP contribution in [0.25, 0.3) is 0 Å². The fraction of sp³-hybridized carbons (Fsp3) is 0.500. The van der Waals surface area contributed by atoms with Gasteiger partial charge in [0.1, 0.15) is 0 Å². The fourth-order valence-electron chi connectivity index (χ4n) is 1.44. The van der Waals surface area contributed by atoms with Gasteiger partial charge in [-0.2, -0.15) is 0 Å². The Labute approximate surface area is 88.8 Å². The minimum Gasteiger partial charge on any atom is -0.420 e. The minimum atomic E-state index is -0.595. The molecule has 78 valence electrons. The van der Waals surface area contributed by atoms with E-state index in [1.165, 1.54) is 24.4 Å². The number of hydrogen-bond donors (Lipinski definition) is 0. The Balaban J connectivity index is 0.000000140. The molecule has 1 aromatic carbocycles. The van der Waals surface area contributed by atoms with Crippen LogP contribution in [-0.2, 0) is 4.43 Å². The van der Waals surface area contributed by atoms with Gasteiger partial charge in [-0.05, 0) is 25.9 Å². The molecule has 0 spiro atoms. The van der Waals surface area contributed by atoms with E-state index in [-0.39, 0.29) is 0 Å². The molecule has 1 atom stereocenters. The Morgan fingerprint density at radius 3 is 2.14 bits per heavy atom. The van der Waals surface area contributed by atoms with Crippen molar-refractivity contribution in [1.29, 1.82) is 0 Å². The maximum atomic E-state index is 5.42. The zero-order chi connectivity index (χ0) is 10.2. The highest BCUT2D eigenvalue weighted by molar-refractivity contribution is 6.50. The molecule has 0 saturated carbocycles. The van der Waals surface area contributed by atoms with Crippen molar-refractivity contribution >= 4 is 9.04 Å². The number of benzene rings is 1. The highest BCUT2D eigenvalue weighted by atomic mass is 28.3. The van der Waals surface area contributed by atoms with Crippen LogP contribution in [0.15, 0.2) is 30.3 Å². The standard InChI is InChI=1S/C7H8.C5H12OSi/c2*1-7-5-3-2-4-6-7/h2-6H,1H3;7H,2-5H2,1H3. The zero-order valence-electron chi connectivity index (χ0n) is 9.20. The molecule has 0 amide bonds. The van der Waals surface area contributed by atoms with E-state index in [4.69, 9.17) is 4.43 Å². The van der Waals surface area contributed by atoms with Crippen molar-refractivity contribution in [1.82, 2.24) is 0 Å². The fourth-order valence-corrected chi connectivity index (χ4v) is 3.04. The zero-order valence-corrected chi connectivity index (χ0v) is 10.4. The molecule has 1 saturated heterocycles. The molecule has 1 nitrogen and oxygen atoms in total. The number of rotatable bonds is 0. The predicted octanol–water partition coefficient (Wildman–Crippen LogP) is 3.15. The van der Waals surface area contributed by atoms with Gasteiger partial charge in [-0.25, -0.2) is 0 Å². The Hall–Kier alpha value is -0.603. The van der Waals surface area contributed by atoms with Crippen LogP contribution < -0.4 is 0 Å². The van der Waals surface area contributed by atoms with E-state index in [9.17, 15) is 0 Å². The second kappa shape index (κ2) is 6.79. The van der Waals surface area contributed by atoms with Crippen LogP contribution in [0.1, 0.15) is 18.4 Å². The highest BCUT2D eigenvalue weighted by Crippen LogP contribution is 2.09. The van der Waals surface area contributed by atoms with Crippen molar-refractivity contribution in [2.24, 2.45) is 0 Å². The van der Waals surface area contributed by atoms with Gasteiger partial charge in [-0.15, -0.1) is 0 Å². The van der Waals surface area contributed by atoms with Crippen LogP contribution in [0.4, 0.5) is 0 Å². The Morgan fingerprint density at radius 2 is 1.86 bits per heavy atom. The van der Waals surface area contributed by atoms with Gasteiger partial charge in [0.15, 0.2) is 9.04 Å². The maximum absolute atomic E-state index is 5.42. The molecule has 2 heteroatoms. The summed E-state index contributed by atoms with van der Waals surface area (Å²) in [5.41, 5.74) is 1.32. The van der Waals surface area contributed by atoms with Gasteiger partial charge < -0.3 is 4.43 Å². The molecule has 1 unspecified atom stereocenters. The largest absolute Gasteiger partial charge is 0.420 e. The third kappa shape index (κ3) is 5.20. The molecule has 1 aliphatic heterocycles. The van der Waals surface area contributed by atoms with Crippen LogP contribution in [0, 0.1) is 6.92 Å². The van der Waals surface area contributed by atoms with Crippen molar-refractivity contribution in [2.75, 3.05) is 6.61 Å². The lowest BCUT2D eigenvalue weighted by molar-refractivity contribution is 0.291. The van der Waals surface area contributed by atoms with Crippen molar-refractivity contribution < 1.29 is 4.43 Å². The van der Waals surface area contributed by atoms with Gasteiger partial charge in [0.25, 0.3) is 0 Å². The Kier molecular flexibility index (Phi) is 5.57. The summed E-state index contributed by atoms with van der Waals surface area (Å²) in [6.07, 6.45) is 2.73. The molecule has 0 radical (unpaired) electrons. The Morgan fingerprint density at radius 1 is 1.14 bits per heavy atom. The third-order valence-corrected chi connectivity index (χ3v) is 4.37. The first-order chi connectivity index (χ1) is 6.79. The van der Waals surface area contributed by atoms with E-state index in [0.717, 1.165) is 6.61 Å². The maximum Gasteiger partial charge on any atom is 0.173 e. The molecule has 0 aliphatic carbocycles. The van der Waals surface area contributed by atoms with Gasteiger partial charge in [0.05, 0.1) is 0 Å². The van der Waals surface area contributed by atoms with Gasteiger partial charge in [-0.1, -0.05) is 42.3 Å². The molecular formula is C12H20OSi. The normalized spacial score (nSPS) is 20.9. The number of hydrogen-bond acceptors (Lipinski definition) is 1. The summed E-state index contributed by atoms with van der Waals surface area (Å²) >= 11 is 0. The van der Waals surface area contributed by atoms with Crippen molar-refractivity contribution in [3.05, 3.63) is 35.9 Å². The van der Waals surface area contributed by atoms with Crippen LogP contribution in [0.2, 0.25) is 12.6 Å². The van der Waals surface area contributed by atoms with Gasteiger partial charge in [0, 0.05) is 6.61 Å². The summed E-state index contributed by atoms with van der Waals surface area (Å²) in [6, 6.07) is 11.7. The Bertz CT molecular complexity index is 229. The first-order valence-electron chi connectivity index (χ1n) is 5.42. The van der Waals surface area contributed by atoms with Crippen LogP contribution in [0.3, 0.4) is 0 Å². The smallest absolute Gasteiger partial charge is 0.173 e. The molecule has 0 aromatic heterocycles. The first-order valence-corrected chi connectivity index (χ1v) is 7.86. The molecule has 1 fully saturated rings. The van der Waals surface area contributed by atoms with Gasteiger partial charge in [-0.3, -0.25) is 0 Å². The topological polar surface area (TPSA) is 9.23 Å². The summed E-state index contributed by atoms with van der Waals surface area (Å²) in [4.78, 5) is 0. The van der Waals surface area contributed by atoms with Crippen molar-refractivity contribution in [2.45, 2.75) is 32.4 Å². The monoisotopic (exact) mass is 208 g/mol.